The minimum absolute atomic E-state index is 0.0744. The molecule has 31 heavy (non-hydrogen) atoms. The van der Waals surface area contributed by atoms with Gasteiger partial charge in [-0.3, -0.25) is 0 Å². The molecule has 0 saturated heterocycles. The van der Waals surface area contributed by atoms with Crippen LogP contribution in [-0.4, -0.2) is 42.2 Å². The number of nitrogens with zero attached hydrogens (tertiary/aromatic N) is 3. The van der Waals surface area contributed by atoms with E-state index in [1.807, 2.05) is 19.2 Å². The highest BCUT2D eigenvalue weighted by atomic mass is 15.1. The number of likely N-dealkylation sites (N-methyl/N-ethyl adjacent to an activating group) is 1. The molecule has 0 aliphatic carbocycles. The summed E-state index contributed by atoms with van der Waals surface area (Å²) in [6, 6.07) is 9.29. The van der Waals surface area contributed by atoms with Gasteiger partial charge in [-0.1, -0.05) is 18.8 Å². The van der Waals surface area contributed by atoms with E-state index in [2.05, 4.69) is 69.9 Å². The molecule has 1 heterocycles. The zero-order valence-corrected chi connectivity index (χ0v) is 19.0. The van der Waals surface area contributed by atoms with Crippen molar-refractivity contribution in [2.75, 3.05) is 37.3 Å². The van der Waals surface area contributed by atoms with Crippen LogP contribution in [0.25, 0.3) is 0 Å². The van der Waals surface area contributed by atoms with Crippen molar-refractivity contribution in [2.24, 2.45) is 0 Å². The summed E-state index contributed by atoms with van der Waals surface area (Å²) in [6.07, 6.45) is 4.53. The number of unbranched alkanes of at least 4 members (excludes halogenated alkanes) is 1. The van der Waals surface area contributed by atoms with Crippen LogP contribution in [-0.2, 0) is 0 Å². The number of nitriles is 1. The Morgan fingerprint density at radius 3 is 2.58 bits per heavy atom. The largest absolute Gasteiger partial charge is 0.369 e. The standard InChI is InChI=1S/C24H33N7/c1-5-14-27-22-20(9-7-6-8-15-29-24(2,3)18-26-4)17-28-23(31-22)30-21-12-10-19(16-25)11-13-21/h10-13,17,26,29H,5-6,8,14-15,18H2,1-4H3,(H2,27,28,30,31). The Balaban J connectivity index is 1.99. The van der Waals surface area contributed by atoms with Crippen LogP contribution >= 0.6 is 0 Å². The van der Waals surface area contributed by atoms with Gasteiger partial charge in [0.15, 0.2) is 0 Å². The highest BCUT2D eigenvalue weighted by Gasteiger charge is 2.14. The third-order valence-electron chi connectivity index (χ3n) is 4.53. The van der Waals surface area contributed by atoms with E-state index in [0.29, 0.717) is 11.5 Å². The zero-order valence-electron chi connectivity index (χ0n) is 19.0. The van der Waals surface area contributed by atoms with Gasteiger partial charge in [-0.25, -0.2) is 4.98 Å². The van der Waals surface area contributed by atoms with Gasteiger partial charge in [-0.2, -0.15) is 10.2 Å². The van der Waals surface area contributed by atoms with E-state index in [4.69, 9.17) is 5.26 Å². The Morgan fingerprint density at radius 1 is 1.13 bits per heavy atom. The van der Waals surface area contributed by atoms with E-state index in [1.165, 1.54) is 0 Å². The van der Waals surface area contributed by atoms with Crippen molar-refractivity contribution in [1.29, 1.82) is 5.26 Å². The molecule has 7 heteroatoms. The molecular weight excluding hydrogens is 386 g/mol. The third-order valence-corrected chi connectivity index (χ3v) is 4.53. The monoisotopic (exact) mass is 419 g/mol. The lowest BCUT2D eigenvalue weighted by molar-refractivity contribution is 0.375. The summed E-state index contributed by atoms with van der Waals surface area (Å²) < 4.78 is 0. The van der Waals surface area contributed by atoms with Crippen LogP contribution in [0.2, 0.25) is 0 Å². The molecule has 7 nitrogen and oxygen atoms in total. The van der Waals surface area contributed by atoms with Gasteiger partial charge in [-0.05, 0) is 64.5 Å². The van der Waals surface area contributed by atoms with Crippen molar-refractivity contribution in [3.8, 4) is 17.9 Å². The molecule has 0 fully saturated rings. The summed E-state index contributed by atoms with van der Waals surface area (Å²) in [6.45, 7) is 9.14. The van der Waals surface area contributed by atoms with Gasteiger partial charge in [0, 0.05) is 30.7 Å². The van der Waals surface area contributed by atoms with E-state index >= 15 is 0 Å². The second-order valence-electron chi connectivity index (χ2n) is 7.94. The minimum atomic E-state index is 0.0744. The molecular formula is C24H33N7. The van der Waals surface area contributed by atoms with Crippen LogP contribution in [0.4, 0.5) is 17.5 Å². The first-order chi connectivity index (χ1) is 15.0. The Labute approximate surface area is 186 Å². The molecule has 164 valence electrons. The normalized spacial score (nSPS) is 10.7. The lowest BCUT2D eigenvalue weighted by atomic mass is 10.1. The Hall–Kier alpha value is -3.13. The second kappa shape index (κ2) is 12.5. The van der Waals surface area contributed by atoms with Gasteiger partial charge < -0.3 is 21.3 Å². The minimum Gasteiger partial charge on any atom is -0.369 e. The number of nitrogens with one attached hydrogen (secondary N) is 4. The molecule has 0 spiro atoms. The van der Waals surface area contributed by atoms with Crippen molar-refractivity contribution in [2.45, 2.75) is 45.6 Å². The molecule has 0 amide bonds. The molecule has 0 aliphatic rings. The number of anilines is 3. The predicted octanol–water partition coefficient (Wildman–Crippen LogP) is 3.63. The zero-order chi connectivity index (χ0) is 22.5. The molecule has 0 aliphatic heterocycles. The molecule has 4 N–H and O–H groups in total. The third kappa shape index (κ3) is 8.64. The number of hydrogen-bond acceptors (Lipinski definition) is 7. The Kier molecular flexibility index (Phi) is 9.77. The van der Waals surface area contributed by atoms with Crippen molar-refractivity contribution in [3.05, 3.63) is 41.6 Å². The van der Waals surface area contributed by atoms with Gasteiger partial charge in [0.05, 0.1) is 23.4 Å². The SMILES string of the molecule is CCCNc1nc(Nc2ccc(C#N)cc2)ncc1C#CCCCNC(C)(C)CNC. The van der Waals surface area contributed by atoms with Crippen molar-refractivity contribution in [1.82, 2.24) is 20.6 Å². The summed E-state index contributed by atoms with van der Waals surface area (Å²) in [7, 11) is 1.96. The van der Waals surface area contributed by atoms with Crippen LogP contribution in [0.5, 0.6) is 0 Å². The summed E-state index contributed by atoms with van der Waals surface area (Å²) in [5.41, 5.74) is 2.31. The number of hydrogen-bond donors (Lipinski definition) is 4. The van der Waals surface area contributed by atoms with Gasteiger partial charge in [0.1, 0.15) is 5.82 Å². The van der Waals surface area contributed by atoms with Crippen molar-refractivity contribution < 1.29 is 0 Å². The molecule has 0 atom stereocenters. The fourth-order valence-corrected chi connectivity index (χ4v) is 2.93. The summed E-state index contributed by atoms with van der Waals surface area (Å²) in [4.78, 5) is 9.00. The van der Waals surface area contributed by atoms with Crippen molar-refractivity contribution in [3.63, 3.8) is 0 Å². The van der Waals surface area contributed by atoms with Crippen molar-refractivity contribution >= 4 is 17.5 Å². The Bertz CT molecular complexity index is 918. The first-order valence-electron chi connectivity index (χ1n) is 10.7. The van der Waals surface area contributed by atoms with Gasteiger partial charge in [0.2, 0.25) is 5.95 Å². The first-order valence-corrected chi connectivity index (χ1v) is 10.7. The second-order valence-corrected chi connectivity index (χ2v) is 7.94. The van der Waals surface area contributed by atoms with E-state index in [9.17, 15) is 0 Å². The van der Waals surface area contributed by atoms with Gasteiger partial charge in [-0.15, -0.1) is 0 Å². The molecule has 2 aromatic rings. The smallest absolute Gasteiger partial charge is 0.229 e. The summed E-state index contributed by atoms with van der Waals surface area (Å²) >= 11 is 0. The van der Waals surface area contributed by atoms with Crippen LogP contribution in [0.1, 0.15) is 51.2 Å². The van der Waals surface area contributed by atoms with E-state index < -0.39 is 0 Å². The van der Waals surface area contributed by atoms with Crippen LogP contribution in [0.3, 0.4) is 0 Å². The van der Waals surface area contributed by atoms with Gasteiger partial charge >= 0.3 is 0 Å². The van der Waals surface area contributed by atoms with Crippen LogP contribution in [0, 0.1) is 23.2 Å². The van der Waals surface area contributed by atoms with Crippen LogP contribution in [0.15, 0.2) is 30.5 Å². The maximum atomic E-state index is 8.92. The lowest BCUT2D eigenvalue weighted by Crippen LogP contribution is -2.47. The maximum Gasteiger partial charge on any atom is 0.229 e. The number of aromatic nitrogens is 2. The quantitative estimate of drug-likeness (QED) is 0.326. The van der Waals surface area contributed by atoms with Gasteiger partial charge in [0.25, 0.3) is 0 Å². The molecule has 0 saturated carbocycles. The van der Waals surface area contributed by atoms with E-state index in [0.717, 1.165) is 56.0 Å². The first kappa shape index (κ1) is 24.1. The van der Waals surface area contributed by atoms with E-state index in [1.54, 1.807) is 18.3 Å². The summed E-state index contributed by atoms with van der Waals surface area (Å²) in [5, 5.41) is 22.2. The molecule has 0 bridgehead atoms. The highest BCUT2D eigenvalue weighted by molar-refractivity contribution is 5.60. The average Bonchev–Trinajstić information content (AvgIpc) is 2.76. The number of benzene rings is 1. The molecule has 0 unspecified atom stereocenters. The molecule has 1 aromatic heterocycles. The maximum absolute atomic E-state index is 8.92. The predicted molar refractivity (Wildman–Crippen MR) is 127 cm³/mol. The lowest BCUT2D eigenvalue weighted by Gasteiger charge is -2.25. The molecule has 0 radical (unpaired) electrons. The fourth-order valence-electron chi connectivity index (χ4n) is 2.93. The summed E-state index contributed by atoms with van der Waals surface area (Å²) in [5.74, 6) is 7.67. The Morgan fingerprint density at radius 2 is 1.90 bits per heavy atom. The fraction of sp³-hybridized carbons (Fsp3) is 0.458. The molecule has 1 aromatic carbocycles. The van der Waals surface area contributed by atoms with E-state index in [-0.39, 0.29) is 5.54 Å². The molecule has 2 rings (SSSR count). The van der Waals surface area contributed by atoms with Crippen LogP contribution < -0.4 is 21.3 Å². The number of rotatable bonds is 11. The highest BCUT2D eigenvalue weighted by Crippen LogP contribution is 2.17. The average molecular weight is 420 g/mol. The topological polar surface area (TPSA) is 97.7 Å².